The van der Waals surface area contributed by atoms with Crippen LogP contribution in [0.5, 0.6) is 5.75 Å². The predicted octanol–water partition coefficient (Wildman–Crippen LogP) is 5.41. The highest BCUT2D eigenvalue weighted by atomic mass is 35.5. The van der Waals surface area contributed by atoms with Crippen molar-refractivity contribution in [1.82, 2.24) is 0 Å². The summed E-state index contributed by atoms with van der Waals surface area (Å²) in [5.74, 6) is -0.868. The number of hydrogen-bond donors (Lipinski definition) is 1. The molecule has 0 unspecified atom stereocenters. The number of allylic oxidation sites excluding steroid dienone is 1. The smallest absolute Gasteiger partial charge is 0.406 e. The maximum Gasteiger partial charge on any atom is 0.573 e. The summed E-state index contributed by atoms with van der Waals surface area (Å²) in [4.78, 5) is 10.6. The lowest BCUT2D eigenvalue weighted by Gasteiger charge is -2.13. The van der Waals surface area contributed by atoms with Crippen molar-refractivity contribution in [2.75, 3.05) is 5.32 Å². The molecule has 0 aliphatic rings. The van der Waals surface area contributed by atoms with E-state index in [0.717, 1.165) is 12.1 Å². The molecule has 0 bridgehead atoms. The van der Waals surface area contributed by atoms with Crippen LogP contribution in [0.25, 0.3) is 5.70 Å². The van der Waals surface area contributed by atoms with Crippen molar-refractivity contribution in [3.8, 4) is 5.75 Å². The van der Waals surface area contributed by atoms with E-state index in [2.05, 4.69) is 10.1 Å². The van der Waals surface area contributed by atoms with Crippen LogP contribution < -0.4 is 10.1 Å². The fourth-order valence-electron chi connectivity index (χ4n) is 1.91. The van der Waals surface area contributed by atoms with E-state index in [9.17, 15) is 18.0 Å². The molecule has 0 fully saturated rings. The van der Waals surface area contributed by atoms with Crippen LogP contribution in [0.2, 0.25) is 0 Å². The molecular weight excluding hydrogens is 378 g/mol. The summed E-state index contributed by atoms with van der Waals surface area (Å²) < 4.78 is 40.4. The molecule has 0 heterocycles. The molecule has 0 aromatic heterocycles. The van der Waals surface area contributed by atoms with Crippen molar-refractivity contribution in [1.29, 1.82) is 0 Å². The standard InChI is InChI=1S/C17H12Cl2F3NO2/c18-16(19)15(24)10-14(11-4-2-1-3-5-11)23-12-6-8-13(9-7-12)25-17(20,21)22/h1-10,16,23H/b14-10+. The van der Waals surface area contributed by atoms with Crippen molar-refractivity contribution in [3.05, 3.63) is 66.2 Å². The van der Waals surface area contributed by atoms with E-state index in [1.807, 2.05) is 0 Å². The van der Waals surface area contributed by atoms with Gasteiger partial charge in [0.1, 0.15) is 5.75 Å². The van der Waals surface area contributed by atoms with Crippen LogP contribution in [0.15, 0.2) is 60.7 Å². The van der Waals surface area contributed by atoms with Gasteiger partial charge in [-0.3, -0.25) is 4.79 Å². The van der Waals surface area contributed by atoms with E-state index in [1.54, 1.807) is 30.3 Å². The molecule has 0 aliphatic carbocycles. The second kappa shape index (κ2) is 8.27. The molecule has 0 amide bonds. The van der Waals surface area contributed by atoms with Crippen LogP contribution in [0.3, 0.4) is 0 Å². The molecular formula is C17H12Cl2F3NO2. The van der Waals surface area contributed by atoms with E-state index in [4.69, 9.17) is 23.2 Å². The number of ketones is 1. The molecule has 0 spiro atoms. The molecule has 2 rings (SSSR count). The van der Waals surface area contributed by atoms with Crippen LogP contribution in [0.1, 0.15) is 5.56 Å². The Hall–Kier alpha value is -2.18. The summed E-state index contributed by atoms with van der Waals surface area (Å²) in [7, 11) is 0. The lowest BCUT2D eigenvalue weighted by Crippen LogP contribution is -2.17. The summed E-state index contributed by atoms with van der Waals surface area (Å²) in [6.45, 7) is 0. The van der Waals surface area contributed by atoms with Gasteiger partial charge in [0.15, 0.2) is 10.6 Å². The third-order valence-electron chi connectivity index (χ3n) is 2.95. The van der Waals surface area contributed by atoms with Crippen LogP contribution in [-0.2, 0) is 4.79 Å². The Morgan fingerprint density at radius 2 is 1.64 bits per heavy atom. The van der Waals surface area contributed by atoms with Crippen molar-refractivity contribution in [3.63, 3.8) is 0 Å². The Balaban J connectivity index is 2.24. The van der Waals surface area contributed by atoms with Crippen molar-refractivity contribution in [2.24, 2.45) is 0 Å². The topological polar surface area (TPSA) is 38.3 Å². The first kappa shape index (κ1) is 19.1. The van der Waals surface area contributed by atoms with Gasteiger partial charge in [0.2, 0.25) is 0 Å². The van der Waals surface area contributed by atoms with Gasteiger partial charge < -0.3 is 10.1 Å². The minimum atomic E-state index is -4.76. The highest BCUT2D eigenvalue weighted by Crippen LogP contribution is 2.26. The highest BCUT2D eigenvalue weighted by Gasteiger charge is 2.30. The molecule has 0 atom stereocenters. The van der Waals surface area contributed by atoms with Gasteiger partial charge in [-0.05, 0) is 29.8 Å². The summed E-state index contributed by atoms with van der Waals surface area (Å²) in [5.41, 5.74) is 1.54. The largest absolute Gasteiger partial charge is 0.573 e. The van der Waals surface area contributed by atoms with Gasteiger partial charge in [0.25, 0.3) is 0 Å². The number of carbonyl (C=O) groups is 1. The first-order valence-corrected chi connectivity index (χ1v) is 7.84. The zero-order valence-corrected chi connectivity index (χ0v) is 14.1. The number of nitrogens with one attached hydrogen (secondary N) is 1. The molecule has 8 heteroatoms. The van der Waals surface area contributed by atoms with Gasteiger partial charge in [-0.2, -0.15) is 0 Å². The summed E-state index contributed by atoms with van der Waals surface area (Å²) >= 11 is 11.1. The molecule has 3 nitrogen and oxygen atoms in total. The molecule has 0 saturated carbocycles. The van der Waals surface area contributed by atoms with Gasteiger partial charge in [0.05, 0.1) is 0 Å². The van der Waals surface area contributed by atoms with E-state index in [0.29, 0.717) is 16.9 Å². The van der Waals surface area contributed by atoms with Crippen LogP contribution >= 0.6 is 23.2 Å². The number of halogens is 5. The SMILES string of the molecule is O=C(/C=C(/Nc1ccc(OC(F)(F)F)cc1)c1ccccc1)C(Cl)Cl. The van der Waals surface area contributed by atoms with Crippen molar-refractivity contribution >= 4 is 40.4 Å². The maximum atomic E-state index is 12.2. The van der Waals surface area contributed by atoms with Gasteiger partial charge in [-0.1, -0.05) is 53.5 Å². The second-order valence-corrected chi connectivity index (χ2v) is 5.92. The van der Waals surface area contributed by atoms with Crippen LogP contribution in [0, 0.1) is 0 Å². The minimum absolute atomic E-state index is 0.346. The lowest BCUT2D eigenvalue weighted by atomic mass is 10.1. The zero-order valence-electron chi connectivity index (χ0n) is 12.6. The number of benzene rings is 2. The number of hydrogen-bond acceptors (Lipinski definition) is 3. The zero-order chi connectivity index (χ0) is 18.4. The summed E-state index contributed by atoms with van der Waals surface area (Å²) in [6.07, 6.45) is -3.52. The average Bonchev–Trinajstić information content (AvgIpc) is 2.55. The summed E-state index contributed by atoms with van der Waals surface area (Å²) in [5, 5.41) is 2.96. The van der Waals surface area contributed by atoms with Crippen molar-refractivity contribution < 1.29 is 22.7 Å². The lowest BCUT2D eigenvalue weighted by molar-refractivity contribution is -0.274. The van der Waals surface area contributed by atoms with Gasteiger partial charge in [0, 0.05) is 17.5 Å². The van der Waals surface area contributed by atoms with Gasteiger partial charge in [-0.15, -0.1) is 13.2 Å². The number of ether oxygens (including phenoxy) is 1. The van der Waals surface area contributed by atoms with Gasteiger partial charge in [-0.25, -0.2) is 0 Å². The Morgan fingerprint density at radius 1 is 1.04 bits per heavy atom. The molecule has 0 radical (unpaired) electrons. The monoisotopic (exact) mass is 389 g/mol. The number of alkyl halides is 5. The highest BCUT2D eigenvalue weighted by molar-refractivity contribution is 6.55. The molecule has 1 N–H and O–H groups in total. The number of anilines is 1. The Kier molecular flexibility index (Phi) is 6.33. The third kappa shape index (κ3) is 6.32. The normalized spacial score (nSPS) is 12.2. The molecule has 25 heavy (non-hydrogen) atoms. The van der Waals surface area contributed by atoms with Crippen LogP contribution in [0.4, 0.5) is 18.9 Å². The van der Waals surface area contributed by atoms with E-state index >= 15 is 0 Å². The fourth-order valence-corrected chi connectivity index (χ4v) is 2.04. The molecule has 0 saturated heterocycles. The van der Waals surface area contributed by atoms with E-state index in [-0.39, 0.29) is 5.75 Å². The van der Waals surface area contributed by atoms with Gasteiger partial charge >= 0.3 is 6.36 Å². The van der Waals surface area contributed by atoms with E-state index < -0.39 is 17.0 Å². The fraction of sp³-hybridized carbons (Fsp3) is 0.118. The first-order chi connectivity index (χ1) is 11.7. The third-order valence-corrected chi connectivity index (χ3v) is 3.38. The predicted molar refractivity (Wildman–Crippen MR) is 91.7 cm³/mol. The Bertz CT molecular complexity index is 745. The molecule has 2 aromatic rings. The average molecular weight is 390 g/mol. The van der Waals surface area contributed by atoms with Crippen LogP contribution in [-0.4, -0.2) is 17.0 Å². The Labute approximate surface area is 152 Å². The molecule has 132 valence electrons. The first-order valence-electron chi connectivity index (χ1n) is 6.96. The van der Waals surface area contributed by atoms with E-state index in [1.165, 1.54) is 18.2 Å². The molecule has 2 aromatic carbocycles. The maximum absolute atomic E-state index is 12.2. The molecule has 0 aliphatic heterocycles. The summed E-state index contributed by atoms with van der Waals surface area (Å²) in [6, 6.07) is 14.0. The number of carbonyl (C=O) groups excluding carboxylic acids is 1. The minimum Gasteiger partial charge on any atom is -0.406 e. The quantitative estimate of drug-likeness (QED) is 0.530. The number of rotatable bonds is 6. The second-order valence-electron chi connectivity index (χ2n) is 4.82. The Morgan fingerprint density at radius 3 is 2.16 bits per heavy atom. The van der Waals surface area contributed by atoms with Crippen molar-refractivity contribution in [2.45, 2.75) is 11.2 Å².